The van der Waals surface area contributed by atoms with Gasteiger partial charge in [0.05, 0.1) is 0 Å². The molecule has 18 heavy (non-hydrogen) atoms. The van der Waals surface area contributed by atoms with Crippen molar-refractivity contribution in [1.29, 1.82) is 0 Å². The van der Waals surface area contributed by atoms with Crippen LogP contribution in [0.3, 0.4) is 0 Å². The highest BCUT2D eigenvalue weighted by atomic mass is 35.5. The number of halogens is 1. The fourth-order valence-electron chi connectivity index (χ4n) is 2.07. The first kappa shape index (κ1) is 14.7. The number of hydrogen-bond donors (Lipinski definition) is 1. The van der Waals surface area contributed by atoms with E-state index < -0.39 is 0 Å². The Morgan fingerprint density at radius 1 is 1.28 bits per heavy atom. The van der Waals surface area contributed by atoms with Gasteiger partial charge in [-0.3, -0.25) is 9.78 Å². The van der Waals surface area contributed by atoms with Crippen molar-refractivity contribution in [2.75, 3.05) is 6.54 Å². The maximum absolute atomic E-state index is 11.7. The molecule has 0 fully saturated rings. The molecule has 0 aromatic carbocycles. The zero-order valence-corrected chi connectivity index (χ0v) is 11.2. The Morgan fingerprint density at radius 3 is 2.72 bits per heavy atom. The molecular formula is C14H19ClN2O. The maximum Gasteiger partial charge on any atom is 0.251 e. The van der Waals surface area contributed by atoms with Crippen LogP contribution >= 0.6 is 12.4 Å². The van der Waals surface area contributed by atoms with Crippen molar-refractivity contribution in [3.05, 3.63) is 41.7 Å². The molecule has 1 N–H and O–H groups in total. The van der Waals surface area contributed by atoms with E-state index in [0.717, 1.165) is 13.0 Å². The van der Waals surface area contributed by atoms with Crippen molar-refractivity contribution in [3.63, 3.8) is 0 Å². The number of hydrogen-bond acceptors (Lipinski definition) is 2. The molecule has 0 aliphatic heterocycles. The summed E-state index contributed by atoms with van der Waals surface area (Å²) in [5.41, 5.74) is 2.17. The van der Waals surface area contributed by atoms with E-state index in [4.69, 9.17) is 0 Å². The molecule has 0 radical (unpaired) electrons. The van der Waals surface area contributed by atoms with E-state index in [0.29, 0.717) is 5.56 Å². The van der Waals surface area contributed by atoms with Crippen LogP contribution in [0.4, 0.5) is 0 Å². The lowest BCUT2D eigenvalue weighted by Crippen LogP contribution is -2.24. The molecule has 0 spiro atoms. The number of amides is 1. The lowest BCUT2D eigenvalue weighted by Gasteiger charge is -2.12. The van der Waals surface area contributed by atoms with Crippen molar-refractivity contribution in [2.45, 2.75) is 32.1 Å². The molecule has 0 atom stereocenters. The van der Waals surface area contributed by atoms with Gasteiger partial charge >= 0.3 is 0 Å². The normalized spacial score (nSPS) is 14.3. The average molecular weight is 267 g/mol. The summed E-state index contributed by atoms with van der Waals surface area (Å²) in [5.74, 6) is -0.0104. The van der Waals surface area contributed by atoms with Gasteiger partial charge in [-0.05, 0) is 44.2 Å². The summed E-state index contributed by atoms with van der Waals surface area (Å²) in [6.07, 6.45) is 11.6. The number of aromatic nitrogens is 1. The molecule has 1 amide bonds. The monoisotopic (exact) mass is 266 g/mol. The van der Waals surface area contributed by atoms with Crippen LogP contribution in [-0.2, 0) is 0 Å². The van der Waals surface area contributed by atoms with E-state index in [9.17, 15) is 4.79 Å². The summed E-state index contributed by atoms with van der Waals surface area (Å²) in [6.45, 7) is 0.729. The Kier molecular flexibility index (Phi) is 6.44. The SMILES string of the molecule is Cl.O=C(NCCC1=CCCCC1)c1ccncc1. The van der Waals surface area contributed by atoms with Gasteiger partial charge in [-0.1, -0.05) is 11.6 Å². The Bertz CT molecular complexity index is 404. The summed E-state index contributed by atoms with van der Waals surface area (Å²) in [5, 5.41) is 2.94. The van der Waals surface area contributed by atoms with E-state index in [1.54, 1.807) is 24.5 Å². The van der Waals surface area contributed by atoms with Crippen LogP contribution in [0.2, 0.25) is 0 Å². The number of carbonyl (C=O) groups is 1. The van der Waals surface area contributed by atoms with Crippen LogP contribution in [0.25, 0.3) is 0 Å². The predicted molar refractivity (Wildman–Crippen MR) is 75.0 cm³/mol. The third-order valence-electron chi connectivity index (χ3n) is 3.06. The number of allylic oxidation sites excluding steroid dienone is 1. The van der Waals surface area contributed by atoms with E-state index in [-0.39, 0.29) is 18.3 Å². The summed E-state index contributed by atoms with van der Waals surface area (Å²) < 4.78 is 0. The topological polar surface area (TPSA) is 42.0 Å². The van der Waals surface area contributed by atoms with Gasteiger partial charge in [-0.15, -0.1) is 12.4 Å². The molecule has 0 saturated heterocycles. The molecule has 1 aliphatic rings. The first-order valence-corrected chi connectivity index (χ1v) is 6.22. The third-order valence-corrected chi connectivity index (χ3v) is 3.06. The lowest BCUT2D eigenvalue weighted by molar-refractivity contribution is 0.0954. The van der Waals surface area contributed by atoms with Crippen molar-refractivity contribution in [1.82, 2.24) is 10.3 Å². The second-order valence-corrected chi connectivity index (χ2v) is 4.35. The molecule has 1 aromatic rings. The largest absolute Gasteiger partial charge is 0.352 e. The number of nitrogens with zero attached hydrogens (tertiary/aromatic N) is 1. The molecular weight excluding hydrogens is 248 g/mol. The van der Waals surface area contributed by atoms with E-state index >= 15 is 0 Å². The molecule has 1 aliphatic carbocycles. The molecule has 1 aromatic heterocycles. The average Bonchev–Trinajstić information content (AvgIpc) is 2.41. The smallest absolute Gasteiger partial charge is 0.251 e. The fraction of sp³-hybridized carbons (Fsp3) is 0.429. The standard InChI is InChI=1S/C14H18N2O.ClH/c17-14(13-7-9-15-10-8-13)16-11-6-12-4-2-1-3-5-12;/h4,7-10H,1-3,5-6,11H2,(H,16,17);1H. The van der Waals surface area contributed by atoms with Crippen LogP contribution in [0.1, 0.15) is 42.5 Å². The van der Waals surface area contributed by atoms with Crippen LogP contribution < -0.4 is 5.32 Å². The quantitative estimate of drug-likeness (QED) is 0.851. The Hall–Kier alpha value is -1.35. The minimum atomic E-state index is -0.0104. The summed E-state index contributed by atoms with van der Waals surface area (Å²) in [4.78, 5) is 15.6. The number of rotatable bonds is 4. The van der Waals surface area contributed by atoms with Crippen molar-refractivity contribution in [3.8, 4) is 0 Å². The first-order valence-electron chi connectivity index (χ1n) is 6.22. The van der Waals surface area contributed by atoms with E-state index in [1.165, 1.54) is 31.3 Å². The van der Waals surface area contributed by atoms with Crippen molar-refractivity contribution < 1.29 is 4.79 Å². The molecule has 2 rings (SSSR count). The van der Waals surface area contributed by atoms with Crippen LogP contribution in [0, 0.1) is 0 Å². The van der Waals surface area contributed by atoms with E-state index in [1.807, 2.05) is 0 Å². The highest BCUT2D eigenvalue weighted by molar-refractivity contribution is 5.93. The van der Waals surface area contributed by atoms with Gasteiger partial charge < -0.3 is 5.32 Å². The Morgan fingerprint density at radius 2 is 2.06 bits per heavy atom. The second kappa shape index (κ2) is 7.88. The Balaban J connectivity index is 0.00000162. The molecule has 98 valence electrons. The van der Waals surface area contributed by atoms with Crippen LogP contribution in [0.5, 0.6) is 0 Å². The lowest BCUT2D eigenvalue weighted by atomic mass is 9.97. The fourth-order valence-corrected chi connectivity index (χ4v) is 2.07. The zero-order chi connectivity index (χ0) is 11.9. The van der Waals surface area contributed by atoms with Gasteiger partial charge in [0.2, 0.25) is 0 Å². The van der Waals surface area contributed by atoms with Crippen LogP contribution in [0.15, 0.2) is 36.2 Å². The summed E-state index contributed by atoms with van der Waals surface area (Å²) in [7, 11) is 0. The Labute approximate surface area is 114 Å². The minimum absolute atomic E-state index is 0. The van der Waals surface area contributed by atoms with Gasteiger partial charge in [-0.25, -0.2) is 0 Å². The molecule has 0 bridgehead atoms. The first-order chi connectivity index (χ1) is 8.36. The summed E-state index contributed by atoms with van der Waals surface area (Å²) >= 11 is 0. The highest BCUT2D eigenvalue weighted by Crippen LogP contribution is 2.19. The van der Waals surface area contributed by atoms with Crippen molar-refractivity contribution >= 4 is 18.3 Å². The zero-order valence-electron chi connectivity index (χ0n) is 10.4. The van der Waals surface area contributed by atoms with E-state index in [2.05, 4.69) is 16.4 Å². The number of carbonyl (C=O) groups excluding carboxylic acids is 1. The van der Waals surface area contributed by atoms with Gasteiger partial charge in [0, 0.05) is 24.5 Å². The van der Waals surface area contributed by atoms with Gasteiger partial charge in [0.1, 0.15) is 0 Å². The van der Waals surface area contributed by atoms with Crippen molar-refractivity contribution in [2.24, 2.45) is 0 Å². The predicted octanol–water partition coefficient (Wildman–Crippen LogP) is 3.12. The maximum atomic E-state index is 11.7. The molecule has 3 nitrogen and oxygen atoms in total. The molecule has 0 saturated carbocycles. The molecule has 0 unspecified atom stereocenters. The summed E-state index contributed by atoms with van der Waals surface area (Å²) in [6, 6.07) is 3.46. The molecule has 4 heteroatoms. The second-order valence-electron chi connectivity index (χ2n) is 4.35. The third kappa shape index (κ3) is 4.49. The van der Waals surface area contributed by atoms with Crippen LogP contribution in [-0.4, -0.2) is 17.4 Å². The van der Waals surface area contributed by atoms with Gasteiger partial charge in [0.15, 0.2) is 0 Å². The van der Waals surface area contributed by atoms with Gasteiger partial charge in [0.25, 0.3) is 5.91 Å². The molecule has 1 heterocycles. The van der Waals surface area contributed by atoms with Gasteiger partial charge in [-0.2, -0.15) is 0 Å². The number of nitrogens with one attached hydrogen (secondary N) is 1. The highest BCUT2D eigenvalue weighted by Gasteiger charge is 2.06. The minimum Gasteiger partial charge on any atom is -0.352 e. The number of pyridine rings is 1.